The summed E-state index contributed by atoms with van der Waals surface area (Å²) in [5, 5.41) is 2.67. The minimum Gasteiger partial charge on any atom is -0.342 e. The van der Waals surface area contributed by atoms with E-state index in [-0.39, 0.29) is 17.5 Å². The zero-order valence-corrected chi connectivity index (χ0v) is 21.5. The third-order valence-electron chi connectivity index (χ3n) is 6.45. The Hall–Kier alpha value is -4.21. The van der Waals surface area contributed by atoms with Crippen LogP contribution in [0.5, 0.6) is 0 Å². The Morgan fingerprint density at radius 2 is 1.71 bits per heavy atom. The van der Waals surface area contributed by atoms with E-state index in [9.17, 15) is 22.8 Å². The number of halogens is 3. The van der Waals surface area contributed by atoms with Crippen molar-refractivity contribution >= 4 is 28.5 Å². The first-order chi connectivity index (χ1) is 17.9. The standard InChI is InChI=1S/C28H28F3N5O2/c1-17-12-22-24(13-18(17)2)36(27(34-22)28(29,30)31)16-25(37)33-23(14-20-8-6-5-7-9-20)26(38)35(4)21-11-10-19(3)32-15-21/h5-13,15,23H,14,16H2,1-4H3,(H,33,37)/t23-/m0/s1. The Balaban J connectivity index is 1.64. The van der Waals surface area contributed by atoms with Crippen LogP contribution in [0, 0.1) is 20.8 Å². The molecule has 0 saturated heterocycles. The number of anilines is 1. The predicted octanol–water partition coefficient (Wildman–Crippen LogP) is 4.77. The first kappa shape index (κ1) is 26.8. The topological polar surface area (TPSA) is 80.1 Å². The van der Waals surface area contributed by atoms with Crippen LogP contribution < -0.4 is 10.2 Å². The summed E-state index contributed by atoms with van der Waals surface area (Å²) in [7, 11) is 1.56. The van der Waals surface area contributed by atoms with Gasteiger partial charge in [0, 0.05) is 19.2 Å². The van der Waals surface area contributed by atoms with Crippen LogP contribution in [-0.2, 0) is 28.7 Å². The molecule has 38 heavy (non-hydrogen) atoms. The zero-order valence-electron chi connectivity index (χ0n) is 21.5. The van der Waals surface area contributed by atoms with Gasteiger partial charge in [0.1, 0.15) is 12.6 Å². The van der Waals surface area contributed by atoms with E-state index in [4.69, 9.17) is 0 Å². The number of nitrogens with one attached hydrogen (secondary N) is 1. The van der Waals surface area contributed by atoms with E-state index in [0.717, 1.165) is 27.0 Å². The van der Waals surface area contributed by atoms with E-state index in [1.54, 1.807) is 51.4 Å². The number of carbonyl (C=O) groups excluding carboxylic acids is 2. The van der Waals surface area contributed by atoms with Crippen molar-refractivity contribution < 1.29 is 22.8 Å². The number of hydrogen-bond acceptors (Lipinski definition) is 4. The third kappa shape index (κ3) is 5.85. The predicted molar refractivity (Wildman–Crippen MR) is 139 cm³/mol. The van der Waals surface area contributed by atoms with Gasteiger partial charge >= 0.3 is 6.18 Å². The summed E-state index contributed by atoms with van der Waals surface area (Å²) in [6, 6.07) is 14.7. The van der Waals surface area contributed by atoms with Gasteiger partial charge < -0.3 is 14.8 Å². The maximum Gasteiger partial charge on any atom is 0.449 e. The lowest BCUT2D eigenvalue weighted by atomic mass is 10.0. The van der Waals surface area contributed by atoms with Crippen molar-refractivity contribution in [3.63, 3.8) is 0 Å². The van der Waals surface area contributed by atoms with Gasteiger partial charge in [0.15, 0.2) is 0 Å². The average molecular weight is 524 g/mol. The number of aryl methyl sites for hydroxylation is 3. The smallest absolute Gasteiger partial charge is 0.342 e. The highest BCUT2D eigenvalue weighted by atomic mass is 19.4. The number of benzene rings is 2. The van der Waals surface area contributed by atoms with Crippen molar-refractivity contribution in [1.82, 2.24) is 19.9 Å². The van der Waals surface area contributed by atoms with Crippen LogP contribution in [0.1, 0.15) is 28.2 Å². The van der Waals surface area contributed by atoms with E-state index in [1.165, 1.54) is 4.90 Å². The molecule has 1 atom stereocenters. The fourth-order valence-corrected chi connectivity index (χ4v) is 4.21. The second-order valence-electron chi connectivity index (χ2n) is 9.31. The maximum absolute atomic E-state index is 13.9. The Bertz CT molecular complexity index is 1460. The number of alkyl halides is 3. The highest BCUT2D eigenvalue weighted by Crippen LogP contribution is 2.32. The number of pyridine rings is 1. The van der Waals surface area contributed by atoms with E-state index >= 15 is 0 Å². The average Bonchev–Trinajstić information content (AvgIpc) is 3.21. The fraction of sp³-hybridized carbons (Fsp3) is 0.286. The van der Waals surface area contributed by atoms with E-state index in [2.05, 4.69) is 15.3 Å². The Kier molecular flexibility index (Phi) is 7.52. The zero-order chi connectivity index (χ0) is 27.6. The minimum absolute atomic E-state index is 0.150. The SMILES string of the molecule is Cc1ccc(N(C)C(=O)[C@H](Cc2ccccc2)NC(=O)Cn2c(C(F)(F)F)nc3cc(C)c(C)cc32)cn1. The van der Waals surface area contributed by atoms with Crippen LogP contribution in [0.2, 0.25) is 0 Å². The summed E-state index contributed by atoms with van der Waals surface area (Å²) in [4.78, 5) is 36.0. The molecule has 0 fully saturated rings. The second kappa shape index (κ2) is 10.6. The van der Waals surface area contributed by atoms with Gasteiger partial charge in [-0.1, -0.05) is 30.3 Å². The van der Waals surface area contributed by atoms with Gasteiger partial charge in [-0.3, -0.25) is 14.6 Å². The molecule has 0 aliphatic rings. The van der Waals surface area contributed by atoms with Crippen molar-refractivity contribution in [2.75, 3.05) is 11.9 Å². The minimum atomic E-state index is -4.76. The molecule has 0 spiro atoms. The van der Waals surface area contributed by atoms with Gasteiger partial charge in [0.25, 0.3) is 0 Å². The molecule has 2 aromatic carbocycles. The number of nitrogens with zero attached hydrogens (tertiary/aromatic N) is 4. The Morgan fingerprint density at radius 1 is 1.03 bits per heavy atom. The number of aromatic nitrogens is 3. The molecule has 7 nitrogen and oxygen atoms in total. The number of hydrogen-bond donors (Lipinski definition) is 1. The van der Waals surface area contributed by atoms with Crippen LogP contribution in [-0.4, -0.2) is 39.4 Å². The molecule has 4 aromatic rings. The number of fused-ring (bicyclic) bond motifs is 1. The van der Waals surface area contributed by atoms with Crippen LogP contribution in [0.15, 0.2) is 60.8 Å². The quantitative estimate of drug-likeness (QED) is 0.379. The highest BCUT2D eigenvalue weighted by molar-refractivity contribution is 5.99. The van der Waals surface area contributed by atoms with E-state index < -0.39 is 36.4 Å². The number of rotatable bonds is 7. The summed E-state index contributed by atoms with van der Waals surface area (Å²) in [6.07, 6.45) is -3.06. The molecular weight excluding hydrogens is 495 g/mol. The normalized spacial score (nSPS) is 12.4. The first-order valence-corrected chi connectivity index (χ1v) is 12.0. The fourth-order valence-electron chi connectivity index (χ4n) is 4.21. The van der Waals surface area contributed by atoms with Crippen LogP contribution in [0.25, 0.3) is 11.0 Å². The lowest BCUT2D eigenvalue weighted by Crippen LogP contribution is -2.49. The van der Waals surface area contributed by atoms with Crippen molar-refractivity contribution in [3.05, 3.63) is 89.0 Å². The van der Waals surface area contributed by atoms with Crippen LogP contribution in [0.4, 0.5) is 18.9 Å². The summed E-state index contributed by atoms with van der Waals surface area (Å²) >= 11 is 0. The number of carbonyl (C=O) groups is 2. The Labute approximate surface area is 218 Å². The van der Waals surface area contributed by atoms with Gasteiger partial charge in [0.05, 0.1) is 22.9 Å². The number of amides is 2. The van der Waals surface area contributed by atoms with Crippen molar-refractivity contribution in [2.24, 2.45) is 0 Å². The second-order valence-corrected chi connectivity index (χ2v) is 9.31. The molecule has 198 valence electrons. The summed E-state index contributed by atoms with van der Waals surface area (Å²) in [5.74, 6) is -2.33. The Morgan fingerprint density at radius 3 is 2.34 bits per heavy atom. The third-order valence-corrected chi connectivity index (χ3v) is 6.45. The van der Waals surface area contributed by atoms with E-state index in [1.807, 2.05) is 37.3 Å². The lowest BCUT2D eigenvalue weighted by Gasteiger charge is -2.25. The molecule has 0 radical (unpaired) electrons. The lowest BCUT2D eigenvalue weighted by molar-refractivity contribution is -0.147. The van der Waals surface area contributed by atoms with Crippen molar-refractivity contribution in [2.45, 2.75) is 46.0 Å². The molecule has 2 aromatic heterocycles. The molecule has 4 rings (SSSR count). The van der Waals surface area contributed by atoms with Gasteiger partial charge in [-0.15, -0.1) is 0 Å². The number of likely N-dealkylation sites (N-methyl/N-ethyl adjacent to an activating group) is 1. The van der Waals surface area contributed by atoms with Crippen molar-refractivity contribution in [3.8, 4) is 0 Å². The molecule has 2 heterocycles. The van der Waals surface area contributed by atoms with Crippen LogP contribution >= 0.6 is 0 Å². The maximum atomic E-state index is 13.9. The van der Waals surface area contributed by atoms with Gasteiger partial charge in [-0.05, 0) is 61.7 Å². The largest absolute Gasteiger partial charge is 0.449 e. The van der Waals surface area contributed by atoms with E-state index in [0.29, 0.717) is 5.69 Å². The van der Waals surface area contributed by atoms with Gasteiger partial charge in [-0.2, -0.15) is 13.2 Å². The summed E-state index contributed by atoms with van der Waals surface area (Å²) < 4.78 is 42.4. The molecule has 0 bridgehead atoms. The summed E-state index contributed by atoms with van der Waals surface area (Å²) in [6.45, 7) is 4.74. The molecular formula is C28H28F3N5O2. The summed E-state index contributed by atoms with van der Waals surface area (Å²) in [5.41, 5.74) is 4.01. The molecule has 0 aliphatic carbocycles. The van der Waals surface area contributed by atoms with Crippen molar-refractivity contribution in [1.29, 1.82) is 0 Å². The van der Waals surface area contributed by atoms with Gasteiger partial charge in [0.2, 0.25) is 17.6 Å². The number of imidazole rings is 1. The molecule has 0 unspecified atom stereocenters. The monoisotopic (exact) mass is 523 g/mol. The molecule has 0 aliphatic heterocycles. The molecule has 10 heteroatoms. The molecule has 0 saturated carbocycles. The first-order valence-electron chi connectivity index (χ1n) is 12.0. The molecule has 1 N–H and O–H groups in total. The van der Waals surface area contributed by atoms with Gasteiger partial charge in [-0.25, -0.2) is 4.98 Å². The van der Waals surface area contributed by atoms with Crippen LogP contribution in [0.3, 0.4) is 0 Å². The molecule has 2 amide bonds. The highest BCUT2D eigenvalue weighted by Gasteiger charge is 2.38.